The van der Waals surface area contributed by atoms with Crippen molar-refractivity contribution in [1.29, 1.82) is 0 Å². The molecule has 6 heteroatoms. The molecule has 0 unspecified atom stereocenters. The van der Waals surface area contributed by atoms with Gasteiger partial charge in [-0.15, -0.1) is 0 Å². The SMILES string of the molecule is O=c1ccc(-c2nc(C3(c4ccc(Br)cc4)CCC3)no2)c[nH]1. The van der Waals surface area contributed by atoms with Crippen LogP contribution in [0, 0.1) is 0 Å². The minimum atomic E-state index is -0.162. The van der Waals surface area contributed by atoms with E-state index in [4.69, 9.17) is 4.52 Å². The normalized spacial score (nSPS) is 16.0. The number of halogens is 1. The Morgan fingerprint density at radius 1 is 1.13 bits per heavy atom. The number of aromatic nitrogens is 3. The van der Waals surface area contributed by atoms with E-state index < -0.39 is 0 Å². The molecule has 3 aromatic rings. The number of aromatic amines is 1. The lowest BCUT2D eigenvalue weighted by Crippen LogP contribution is -2.36. The number of H-pyrrole nitrogens is 1. The Hall–Kier alpha value is -2.21. The number of hydrogen-bond acceptors (Lipinski definition) is 4. The van der Waals surface area contributed by atoms with Crippen molar-refractivity contribution in [2.75, 3.05) is 0 Å². The Morgan fingerprint density at radius 3 is 2.52 bits per heavy atom. The molecule has 0 spiro atoms. The van der Waals surface area contributed by atoms with Crippen LogP contribution in [0.4, 0.5) is 0 Å². The second-order valence-corrected chi connectivity index (χ2v) is 6.72. The fourth-order valence-electron chi connectivity index (χ4n) is 3.02. The smallest absolute Gasteiger partial charge is 0.259 e. The van der Waals surface area contributed by atoms with Crippen LogP contribution in [0.25, 0.3) is 11.5 Å². The predicted octanol–water partition coefficient (Wildman–Crippen LogP) is 3.66. The molecule has 1 aliphatic rings. The van der Waals surface area contributed by atoms with Crippen molar-refractivity contribution in [3.8, 4) is 11.5 Å². The van der Waals surface area contributed by atoms with Gasteiger partial charge in [-0.2, -0.15) is 4.98 Å². The lowest BCUT2D eigenvalue weighted by atomic mass is 9.64. The van der Waals surface area contributed by atoms with Crippen molar-refractivity contribution in [1.82, 2.24) is 15.1 Å². The van der Waals surface area contributed by atoms with Crippen molar-refractivity contribution < 1.29 is 4.52 Å². The zero-order valence-corrected chi connectivity index (χ0v) is 13.8. The summed E-state index contributed by atoms with van der Waals surface area (Å²) in [6.45, 7) is 0. The van der Waals surface area contributed by atoms with E-state index in [0.717, 1.165) is 23.7 Å². The summed E-state index contributed by atoms with van der Waals surface area (Å²) in [6, 6.07) is 11.4. The van der Waals surface area contributed by atoms with Crippen molar-refractivity contribution in [2.24, 2.45) is 0 Å². The first-order chi connectivity index (χ1) is 11.2. The summed E-state index contributed by atoms with van der Waals surface area (Å²) in [5, 5.41) is 4.22. The van der Waals surface area contributed by atoms with Gasteiger partial charge in [-0.3, -0.25) is 4.79 Å². The summed E-state index contributed by atoms with van der Waals surface area (Å²) in [6.07, 6.45) is 4.77. The van der Waals surface area contributed by atoms with Crippen LogP contribution in [-0.2, 0) is 5.41 Å². The maximum Gasteiger partial charge on any atom is 0.259 e. The first-order valence-electron chi connectivity index (χ1n) is 7.47. The van der Waals surface area contributed by atoms with E-state index in [1.54, 1.807) is 12.3 Å². The Labute approximate surface area is 140 Å². The van der Waals surface area contributed by atoms with Gasteiger partial charge in [0.15, 0.2) is 5.82 Å². The number of nitrogens with zero attached hydrogens (tertiary/aromatic N) is 2. The topological polar surface area (TPSA) is 71.8 Å². The molecule has 4 rings (SSSR count). The lowest BCUT2D eigenvalue weighted by Gasteiger charge is -2.39. The molecule has 23 heavy (non-hydrogen) atoms. The molecule has 0 bridgehead atoms. The number of nitrogens with one attached hydrogen (secondary N) is 1. The molecule has 2 aromatic heterocycles. The van der Waals surface area contributed by atoms with Crippen molar-refractivity contribution in [3.05, 3.63) is 68.8 Å². The van der Waals surface area contributed by atoms with Gasteiger partial charge in [0.25, 0.3) is 5.89 Å². The standard InChI is InChI=1S/C17H14BrN3O2/c18-13-5-3-12(4-6-13)17(8-1-9-17)16-20-15(23-21-16)11-2-7-14(22)19-10-11/h2-7,10H,1,8-9H2,(H,19,22). The summed E-state index contributed by atoms with van der Waals surface area (Å²) in [5.74, 6) is 1.15. The molecule has 0 amide bonds. The van der Waals surface area contributed by atoms with Crippen LogP contribution in [0.15, 0.2) is 56.4 Å². The monoisotopic (exact) mass is 371 g/mol. The highest BCUT2D eigenvalue weighted by atomic mass is 79.9. The number of benzene rings is 1. The minimum Gasteiger partial charge on any atom is -0.334 e. The highest BCUT2D eigenvalue weighted by Crippen LogP contribution is 2.48. The Morgan fingerprint density at radius 2 is 1.91 bits per heavy atom. The molecule has 0 radical (unpaired) electrons. The second-order valence-electron chi connectivity index (χ2n) is 5.81. The second kappa shape index (κ2) is 5.45. The molecule has 0 atom stereocenters. The quantitative estimate of drug-likeness (QED) is 0.762. The van der Waals surface area contributed by atoms with E-state index >= 15 is 0 Å². The van der Waals surface area contributed by atoms with Crippen LogP contribution in [-0.4, -0.2) is 15.1 Å². The van der Waals surface area contributed by atoms with Gasteiger partial charge in [-0.05, 0) is 36.6 Å². The molecule has 1 aliphatic carbocycles. The Balaban J connectivity index is 1.73. The largest absolute Gasteiger partial charge is 0.334 e. The van der Waals surface area contributed by atoms with Crippen molar-refractivity contribution in [3.63, 3.8) is 0 Å². The highest BCUT2D eigenvalue weighted by molar-refractivity contribution is 9.10. The molecular weight excluding hydrogens is 358 g/mol. The number of hydrogen-bond donors (Lipinski definition) is 1. The highest BCUT2D eigenvalue weighted by Gasteiger charge is 2.44. The summed E-state index contributed by atoms with van der Waals surface area (Å²) < 4.78 is 6.48. The molecule has 1 N–H and O–H groups in total. The van der Waals surface area contributed by atoms with E-state index in [1.165, 1.54) is 11.6 Å². The van der Waals surface area contributed by atoms with Gasteiger partial charge < -0.3 is 9.51 Å². The third-order valence-corrected chi connectivity index (χ3v) is 5.02. The summed E-state index contributed by atoms with van der Waals surface area (Å²) >= 11 is 3.47. The van der Waals surface area contributed by atoms with Crippen LogP contribution >= 0.6 is 15.9 Å². The molecule has 0 aliphatic heterocycles. The van der Waals surface area contributed by atoms with E-state index in [-0.39, 0.29) is 11.0 Å². The van der Waals surface area contributed by atoms with Crippen molar-refractivity contribution in [2.45, 2.75) is 24.7 Å². The molecule has 1 fully saturated rings. The maximum absolute atomic E-state index is 11.2. The minimum absolute atomic E-state index is 0.154. The third kappa shape index (κ3) is 2.43. The molecule has 116 valence electrons. The Bertz CT molecular complexity index is 874. The van der Waals surface area contributed by atoms with Crippen LogP contribution in [0.2, 0.25) is 0 Å². The van der Waals surface area contributed by atoms with E-state index in [9.17, 15) is 4.79 Å². The fraction of sp³-hybridized carbons (Fsp3) is 0.235. The van der Waals surface area contributed by atoms with Crippen LogP contribution < -0.4 is 5.56 Å². The zero-order chi connectivity index (χ0) is 15.9. The van der Waals surface area contributed by atoms with Gasteiger partial charge in [0, 0.05) is 16.7 Å². The molecule has 1 saturated carbocycles. The summed E-state index contributed by atoms with van der Waals surface area (Å²) in [5.41, 5.74) is 1.61. The molecule has 1 aromatic carbocycles. The predicted molar refractivity (Wildman–Crippen MR) is 89.1 cm³/mol. The number of pyridine rings is 1. The van der Waals surface area contributed by atoms with E-state index in [1.807, 2.05) is 12.1 Å². The maximum atomic E-state index is 11.2. The molecular formula is C17H14BrN3O2. The van der Waals surface area contributed by atoms with E-state index in [2.05, 4.69) is 43.2 Å². The summed E-state index contributed by atoms with van der Waals surface area (Å²) in [7, 11) is 0. The Kier molecular flexibility index (Phi) is 3.41. The van der Waals surface area contributed by atoms with Gasteiger partial charge in [0.05, 0.1) is 11.0 Å². The molecule has 5 nitrogen and oxygen atoms in total. The zero-order valence-electron chi connectivity index (χ0n) is 12.3. The first kappa shape index (κ1) is 14.4. The van der Waals surface area contributed by atoms with Crippen LogP contribution in [0.1, 0.15) is 30.7 Å². The van der Waals surface area contributed by atoms with Crippen LogP contribution in [0.5, 0.6) is 0 Å². The third-order valence-electron chi connectivity index (χ3n) is 4.49. The average Bonchev–Trinajstić information content (AvgIpc) is 2.99. The average molecular weight is 372 g/mol. The van der Waals surface area contributed by atoms with E-state index in [0.29, 0.717) is 17.3 Å². The van der Waals surface area contributed by atoms with Gasteiger partial charge in [0.2, 0.25) is 5.56 Å². The van der Waals surface area contributed by atoms with Crippen molar-refractivity contribution >= 4 is 15.9 Å². The molecule has 0 saturated heterocycles. The first-order valence-corrected chi connectivity index (χ1v) is 8.26. The lowest BCUT2D eigenvalue weighted by molar-refractivity contribution is 0.273. The van der Waals surface area contributed by atoms with Gasteiger partial charge in [-0.25, -0.2) is 0 Å². The summed E-state index contributed by atoms with van der Waals surface area (Å²) in [4.78, 5) is 18.4. The fourth-order valence-corrected chi connectivity index (χ4v) is 3.28. The number of rotatable bonds is 3. The van der Waals surface area contributed by atoms with Gasteiger partial charge in [-0.1, -0.05) is 39.6 Å². The van der Waals surface area contributed by atoms with Gasteiger partial charge in [0.1, 0.15) is 0 Å². The van der Waals surface area contributed by atoms with Crippen LogP contribution in [0.3, 0.4) is 0 Å². The van der Waals surface area contributed by atoms with Gasteiger partial charge >= 0.3 is 0 Å². The molecule has 2 heterocycles.